The highest BCUT2D eigenvalue weighted by atomic mass is 35.5. The molecular formula is C16H9Cl2FN2. The maximum absolute atomic E-state index is 14.5. The third-order valence-electron chi connectivity index (χ3n) is 3.70. The first-order chi connectivity index (χ1) is 10.1. The van der Waals surface area contributed by atoms with E-state index in [0.717, 1.165) is 21.9 Å². The van der Waals surface area contributed by atoms with E-state index in [9.17, 15) is 4.39 Å². The smallest absolute Gasteiger partial charge is 0.207 e. The molecule has 0 spiro atoms. The third-order valence-corrected chi connectivity index (χ3v) is 4.20. The van der Waals surface area contributed by atoms with E-state index >= 15 is 0 Å². The standard InChI is InChI=1S/C16H9Cl2FN2/c1-8-4-11-10-6-9(17)2-3-13(10)21-14(7-20-16(21)18)15(11)12(19)5-8/h2-7H,1H3. The molecule has 0 amide bonds. The molecule has 0 aliphatic rings. The van der Waals surface area contributed by atoms with Crippen molar-refractivity contribution in [1.82, 2.24) is 9.38 Å². The van der Waals surface area contributed by atoms with Crippen molar-refractivity contribution in [3.8, 4) is 0 Å². The molecule has 104 valence electrons. The zero-order valence-corrected chi connectivity index (χ0v) is 12.5. The van der Waals surface area contributed by atoms with Crippen molar-refractivity contribution in [3.63, 3.8) is 0 Å². The molecule has 0 atom stereocenters. The zero-order valence-electron chi connectivity index (χ0n) is 11.0. The van der Waals surface area contributed by atoms with Gasteiger partial charge in [0.25, 0.3) is 0 Å². The first-order valence-electron chi connectivity index (χ1n) is 6.40. The summed E-state index contributed by atoms with van der Waals surface area (Å²) in [4.78, 5) is 4.11. The van der Waals surface area contributed by atoms with Gasteiger partial charge in [-0.25, -0.2) is 9.37 Å². The lowest BCUT2D eigenvalue weighted by Gasteiger charge is -2.11. The van der Waals surface area contributed by atoms with E-state index in [1.54, 1.807) is 16.7 Å². The van der Waals surface area contributed by atoms with Crippen LogP contribution in [0.4, 0.5) is 4.39 Å². The van der Waals surface area contributed by atoms with E-state index in [2.05, 4.69) is 4.98 Å². The molecule has 0 radical (unpaired) electrons. The van der Waals surface area contributed by atoms with Gasteiger partial charge in [-0.3, -0.25) is 4.40 Å². The molecule has 0 fully saturated rings. The molecule has 21 heavy (non-hydrogen) atoms. The number of nitrogens with zero attached hydrogens (tertiary/aromatic N) is 2. The van der Waals surface area contributed by atoms with Crippen LogP contribution in [-0.2, 0) is 0 Å². The topological polar surface area (TPSA) is 17.3 Å². The molecule has 2 aromatic heterocycles. The van der Waals surface area contributed by atoms with Crippen LogP contribution in [-0.4, -0.2) is 9.38 Å². The summed E-state index contributed by atoms with van der Waals surface area (Å²) in [5, 5.41) is 3.08. The van der Waals surface area contributed by atoms with Crippen molar-refractivity contribution < 1.29 is 4.39 Å². The minimum Gasteiger partial charge on any atom is -0.282 e. The highest BCUT2D eigenvalue weighted by Crippen LogP contribution is 2.35. The quantitative estimate of drug-likeness (QED) is 0.397. The van der Waals surface area contributed by atoms with Gasteiger partial charge in [0.15, 0.2) is 0 Å². The summed E-state index contributed by atoms with van der Waals surface area (Å²) < 4.78 is 16.2. The average molecular weight is 319 g/mol. The van der Waals surface area contributed by atoms with E-state index < -0.39 is 0 Å². The van der Waals surface area contributed by atoms with Crippen molar-refractivity contribution >= 4 is 50.4 Å². The second kappa shape index (κ2) is 4.33. The zero-order chi connectivity index (χ0) is 14.7. The number of hydrogen-bond acceptors (Lipinski definition) is 1. The molecule has 0 bridgehead atoms. The fourth-order valence-corrected chi connectivity index (χ4v) is 3.27. The van der Waals surface area contributed by atoms with Gasteiger partial charge in [-0.15, -0.1) is 0 Å². The predicted molar refractivity (Wildman–Crippen MR) is 84.9 cm³/mol. The van der Waals surface area contributed by atoms with Crippen molar-refractivity contribution in [1.29, 1.82) is 0 Å². The average Bonchev–Trinajstić information content (AvgIpc) is 2.80. The molecule has 2 heterocycles. The van der Waals surface area contributed by atoms with Crippen LogP contribution in [0.15, 0.2) is 36.5 Å². The van der Waals surface area contributed by atoms with Crippen LogP contribution in [0.25, 0.3) is 27.2 Å². The summed E-state index contributed by atoms with van der Waals surface area (Å²) in [6.45, 7) is 1.87. The Morgan fingerprint density at radius 2 is 1.86 bits per heavy atom. The lowest BCUT2D eigenvalue weighted by Crippen LogP contribution is -1.94. The third kappa shape index (κ3) is 1.74. The van der Waals surface area contributed by atoms with E-state index in [1.807, 2.05) is 25.1 Å². The molecule has 2 aromatic carbocycles. The summed E-state index contributed by atoms with van der Waals surface area (Å²) in [6, 6.07) is 8.96. The first-order valence-corrected chi connectivity index (χ1v) is 7.16. The monoisotopic (exact) mass is 318 g/mol. The number of rotatable bonds is 0. The second-order valence-corrected chi connectivity index (χ2v) is 5.85. The Balaban J connectivity index is 2.45. The first kappa shape index (κ1) is 12.9. The Kier molecular flexibility index (Phi) is 2.65. The minimum absolute atomic E-state index is 0.284. The molecule has 0 unspecified atom stereocenters. The van der Waals surface area contributed by atoms with E-state index in [1.165, 1.54) is 6.07 Å². The van der Waals surface area contributed by atoms with E-state index in [4.69, 9.17) is 23.2 Å². The number of aromatic nitrogens is 2. The van der Waals surface area contributed by atoms with Crippen molar-refractivity contribution in [2.75, 3.05) is 0 Å². The number of aryl methyl sites for hydroxylation is 1. The van der Waals surface area contributed by atoms with Crippen LogP contribution < -0.4 is 0 Å². The summed E-state index contributed by atoms with van der Waals surface area (Å²) in [7, 11) is 0. The molecule has 4 aromatic rings. The summed E-state index contributed by atoms with van der Waals surface area (Å²) in [6.07, 6.45) is 1.59. The summed E-state index contributed by atoms with van der Waals surface area (Å²) in [5.41, 5.74) is 2.37. The highest BCUT2D eigenvalue weighted by molar-refractivity contribution is 6.32. The molecule has 5 heteroatoms. The molecule has 0 saturated carbocycles. The lowest BCUT2D eigenvalue weighted by atomic mass is 10.0. The van der Waals surface area contributed by atoms with E-state index in [-0.39, 0.29) is 5.82 Å². The number of imidazole rings is 1. The summed E-state index contributed by atoms with van der Waals surface area (Å²) in [5.74, 6) is -0.284. The van der Waals surface area contributed by atoms with Crippen LogP contribution in [0.2, 0.25) is 10.3 Å². The number of pyridine rings is 1. The Morgan fingerprint density at radius 3 is 2.67 bits per heavy atom. The fraction of sp³-hybridized carbons (Fsp3) is 0.0625. The number of benzene rings is 2. The summed E-state index contributed by atoms with van der Waals surface area (Å²) >= 11 is 12.3. The Morgan fingerprint density at radius 1 is 1.05 bits per heavy atom. The highest BCUT2D eigenvalue weighted by Gasteiger charge is 2.15. The maximum Gasteiger partial charge on any atom is 0.207 e. The Labute approximate surface area is 129 Å². The van der Waals surface area contributed by atoms with Crippen molar-refractivity contribution in [2.24, 2.45) is 0 Å². The molecule has 4 rings (SSSR count). The maximum atomic E-state index is 14.5. The van der Waals surface area contributed by atoms with Crippen LogP contribution in [0.5, 0.6) is 0 Å². The normalized spacial score (nSPS) is 11.8. The Bertz CT molecular complexity index is 1040. The van der Waals surface area contributed by atoms with Crippen LogP contribution in [0, 0.1) is 12.7 Å². The minimum atomic E-state index is -0.284. The van der Waals surface area contributed by atoms with Gasteiger partial charge in [-0.05, 0) is 53.7 Å². The van der Waals surface area contributed by atoms with Crippen LogP contribution in [0.1, 0.15) is 5.56 Å². The van der Waals surface area contributed by atoms with Gasteiger partial charge in [-0.2, -0.15) is 0 Å². The SMILES string of the molecule is Cc1cc(F)c2c(c1)c1cc(Cl)ccc1n1c(Cl)ncc21. The number of halogens is 3. The predicted octanol–water partition coefficient (Wildman–Crippen LogP) is 5.40. The molecule has 0 aliphatic carbocycles. The molecular weight excluding hydrogens is 310 g/mol. The van der Waals surface area contributed by atoms with E-state index in [0.29, 0.717) is 21.2 Å². The van der Waals surface area contributed by atoms with Crippen LogP contribution >= 0.6 is 23.2 Å². The molecule has 2 nitrogen and oxygen atoms in total. The van der Waals surface area contributed by atoms with Gasteiger partial charge in [0.05, 0.1) is 17.2 Å². The van der Waals surface area contributed by atoms with Crippen LogP contribution in [0.3, 0.4) is 0 Å². The van der Waals surface area contributed by atoms with Gasteiger partial charge in [-0.1, -0.05) is 17.7 Å². The largest absolute Gasteiger partial charge is 0.282 e. The van der Waals surface area contributed by atoms with Gasteiger partial charge < -0.3 is 0 Å². The van der Waals surface area contributed by atoms with Gasteiger partial charge in [0.2, 0.25) is 5.28 Å². The number of fused-ring (bicyclic) bond motifs is 6. The molecule has 0 aliphatic heterocycles. The Hall–Kier alpha value is -1.84. The number of hydrogen-bond donors (Lipinski definition) is 0. The van der Waals surface area contributed by atoms with Gasteiger partial charge in [0.1, 0.15) is 5.82 Å². The molecule has 0 N–H and O–H groups in total. The second-order valence-electron chi connectivity index (χ2n) is 5.08. The van der Waals surface area contributed by atoms with Gasteiger partial charge >= 0.3 is 0 Å². The fourth-order valence-electron chi connectivity index (χ4n) is 2.87. The van der Waals surface area contributed by atoms with Crippen molar-refractivity contribution in [3.05, 3.63) is 58.2 Å². The molecule has 0 saturated heterocycles. The lowest BCUT2D eigenvalue weighted by molar-refractivity contribution is 0.639. The van der Waals surface area contributed by atoms with Gasteiger partial charge in [0, 0.05) is 15.8 Å². The van der Waals surface area contributed by atoms with Crippen molar-refractivity contribution in [2.45, 2.75) is 6.92 Å².